The summed E-state index contributed by atoms with van der Waals surface area (Å²) >= 11 is 0. The maximum atomic E-state index is 12.8. The number of methoxy groups -OCH3 is 1. The van der Waals surface area contributed by atoms with E-state index in [1.807, 2.05) is 12.1 Å². The fourth-order valence-corrected chi connectivity index (χ4v) is 5.19. The number of benzene rings is 1. The van der Waals surface area contributed by atoms with Gasteiger partial charge in [-0.15, -0.1) is 0 Å². The normalized spacial score (nSPS) is 30.9. The van der Waals surface area contributed by atoms with Gasteiger partial charge in [0.2, 0.25) is 11.8 Å². The number of anilines is 1. The number of nitrogens with one attached hydrogen (secondary N) is 6. The first-order chi connectivity index (χ1) is 15.1. The van der Waals surface area contributed by atoms with Gasteiger partial charge in [-0.1, -0.05) is 12.1 Å². The fraction of sp³-hybridized carbons (Fsp3) is 0.636. The molecule has 0 aromatic heterocycles. The Morgan fingerprint density at radius 2 is 1.97 bits per heavy atom. The number of ether oxygens (including phenoxy) is 1. The summed E-state index contributed by atoms with van der Waals surface area (Å²) in [6, 6.07) is 6.06. The van der Waals surface area contributed by atoms with E-state index in [1.54, 1.807) is 7.11 Å². The lowest BCUT2D eigenvalue weighted by molar-refractivity contribution is -0.129. The van der Waals surface area contributed by atoms with Gasteiger partial charge in [-0.05, 0) is 25.3 Å². The van der Waals surface area contributed by atoms with Gasteiger partial charge in [0.1, 0.15) is 5.75 Å². The molecule has 168 valence electrons. The molecular weight excluding hydrogens is 396 g/mol. The van der Waals surface area contributed by atoms with Gasteiger partial charge in [-0.25, -0.2) is 0 Å². The predicted molar refractivity (Wildman–Crippen MR) is 116 cm³/mol. The molecule has 1 aromatic rings. The van der Waals surface area contributed by atoms with Crippen LogP contribution >= 0.6 is 0 Å². The molecule has 0 bridgehead atoms. The zero-order valence-corrected chi connectivity index (χ0v) is 17.9. The van der Waals surface area contributed by atoms with E-state index in [0.717, 1.165) is 49.4 Å². The van der Waals surface area contributed by atoms with Crippen molar-refractivity contribution in [3.8, 4) is 5.75 Å². The van der Waals surface area contributed by atoms with Crippen molar-refractivity contribution in [1.82, 2.24) is 26.8 Å². The van der Waals surface area contributed by atoms with Crippen molar-refractivity contribution in [2.75, 3.05) is 32.1 Å². The number of amides is 2. The standard InChI is InChI=1S/C22H32N6O3/c1-31-20-14(13-10-24-25-11-13)3-2-4-16(20)26-17-9-18(28-21(29)12-5-6-12)27-15-7-8-23-22(30)19(15)17/h2-4,12-13,15,17-19,24-27H,5-11H2,1H3,(H,23,30)(H,28,29). The third-order valence-electron chi connectivity index (χ3n) is 6.95. The third kappa shape index (κ3) is 4.22. The van der Waals surface area contributed by atoms with Gasteiger partial charge in [0.25, 0.3) is 0 Å². The van der Waals surface area contributed by atoms with Crippen molar-refractivity contribution >= 4 is 17.5 Å². The van der Waals surface area contributed by atoms with Crippen molar-refractivity contribution in [1.29, 1.82) is 0 Å². The average Bonchev–Trinajstić information content (AvgIpc) is 3.48. The lowest BCUT2D eigenvalue weighted by Gasteiger charge is -2.45. The molecular formula is C22H32N6O3. The lowest BCUT2D eigenvalue weighted by Crippen LogP contribution is -2.66. The highest BCUT2D eigenvalue weighted by Gasteiger charge is 2.45. The molecule has 1 aliphatic carbocycles. The average molecular weight is 429 g/mol. The summed E-state index contributed by atoms with van der Waals surface area (Å²) < 4.78 is 5.82. The molecule has 4 fully saturated rings. The molecule has 3 saturated heterocycles. The largest absolute Gasteiger partial charge is 0.494 e. The van der Waals surface area contributed by atoms with Gasteiger partial charge in [0, 0.05) is 55.5 Å². The molecule has 4 aliphatic rings. The number of hydrogen-bond acceptors (Lipinski definition) is 7. The Morgan fingerprint density at radius 3 is 2.71 bits per heavy atom. The van der Waals surface area contributed by atoms with Crippen LogP contribution in [0.3, 0.4) is 0 Å². The minimum Gasteiger partial charge on any atom is -0.494 e. The van der Waals surface area contributed by atoms with Crippen LogP contribution < -0.4 is 36.9 Å². The molecule has 4 unspecified atom stereocenters. The van der Waals surface area contributed by atoms with Crippen molar-refractivity contribution < 1.29 is 14.3 Å². The van der Waals surface area contributed by atoms with Crippen LogP contribution in [0.15, 0.2) is 18.2 Å². The molecule has 6 N–H and O–H groups in total. The smallest absolute Gasteiger partial charge is 0.226 e. The van der Waals surface area contributed by atoms with Crippen LogP contribution in [0.25, 0.3) is 0 Å². The maximum absolute atomic E-state index is 12.8. The second kappa shape index (κ2) is 8.64. The number of hydrazine groups is 1. The SMILES string of the molecule is COc1c(NC2CC(NC(=O)C3CC3)NC3CCNC(=O)C23)cccc1C1CNNC1. The third-order valence-corrected chi connectivity index (χ3v) is 6.95. The van der Waals surface area contributed by atoms with E-state index in [0.29, 0.717) is 18.9 Å². The lowest BCUT2D eigenvalue weighted by atomic mass is 9.80. The summed E-state index contributed by atoms with van der Waals surface area (Å²) in [6.07, 6.45) is 3.29. The predicted octanol–water partition coefficient (Wildman–Crippen LogP) is 0.0174. The van der Waals surface area contributed by atoms with Crippen LogP contribution in [0.1, 0.15) is 37.2 Å². The van der Waals surface area contributed by atoms with E-state index in [4.69, 9.17) is 4.74 Å². The molecule has 1 saturated carbocycles. The van der Waals surface area contributed by atoms with Gasteiger partial charge < -0.3 is 20.7 Å². The fourth-order valence-electron chi connectivity index (χ4n) is 5.19. The first-order valence-corrected chi connectivity index (χ1v) is 11.4. The Labute approximate surface area is 182 Å². The molecule has 5 rings (SSSR count). The van der Waals surface area contributed by atoms with Crippen LogP contribution in [-0.4, -0.2) is 56.8 Å². The van der Waals surface area contributed by atoms with Crippen LogP contribution in [0.2, 0.25) is 0 Å². The molecule has 0 spiro atoms. The van der Waals surface area contributed by atoms with E-state index in [1.165, 1.54) is 0 Å². The molecule has 3 aliphatic heterocycles. The first kappa shape index (κ1) is 20.5. The Kier molecular flexibility index (Phi) is 5.73. The van der Waals surface area contributed by atoms with Crippen molar-refractivity contribution in [3.63, 3.8) is 0 Å². The van der Waals surface area contributed by atoms with Crippen LogP contribution in [-0.2, 0) is 9.59 Å². The summed E-state index contributed by atoms with van der Waals surface area (Å²) in [5.41, 5.74) is 8.39. The highest BCUT2D eigenvalue weighted by atomic mass is 16.5. The summed E-state index contributed by atoms with van der Waals surface area (Å²) in [5, 5.41) is 13.3. The highest BCUT2D eigenvalue weighted by molar-refractivity contribution is 5.83. The number of fused-ring (bicyclic) bond motifs is 1. The zero-order valence-electron chi connectivity index (χ0n) is 17.9. The molecule has 0 radical (unpaired) electrons. The molecule has 31 heavy (non-hydrogen) atoms. The van der Waals surface area contributed by atoms with Gasteiger partial charge in [-0.3, -0.25) is 25.8 Å². The number of carbonyl (C=O) groups excluding carboxylic acids is 2. The Hall–Kier alpha value is -2.36. The molecule has 9 heteroatoms. The molecule has 3 heterocycles. The number of carbonyl (C=O) groups is 2. The van der Waals surface area contributed by atoms with E-state index in [-0.39, 0.29) is 41.9 Å². The van der Waals surface area contributed by atoms with Crippen LogP contribution in [0.5, 0.6) is 5.75 Å². The maximum Gasteiger partial charge on any atom is 0.226 e. The van der Waals surface area contributed by atoms with Crippen molar-refractivity contribution in [3.05, 3.63) is 23.8 Å². The number of rotatable bonds is 6. The van der Waals surface area contributed by atoms with Crippen molar-refractivity contribution in [2.45, 2.75) is 49.9 Å². The molecule has 9 nitrogen and oxygen atoms in total. The molecule has 2 amide bonds. The van der Waals surface area contributed by atoms with Gasteiger partial charge in [0.05, 0.1) is 24.9 Å². The minimum atomic E-state index is -0.203. The highest BCUT2D eigenvalue weighted by Crippen LogP contribution is 2.37. The van der Waals surface area contributed by atoms with E-state index in [2.05, 4.69) is 38.2 Å². The number of piperidine rings is 2. The van der Waals surface area contributed by atoms with Crippen LogP contribution in [0, 0.1) is 11.8 Å². The topological polar surface area (TPSA) is 116 Å². The van der Waals surface area contributed by atoms with Crippen LogP contribution in [0.4, 0.5) is 5.69 Å². The van der Waals surface area contributed by atoms with E-state index >= 15 is 0 Å². The monoisotopic (exact) mass is 428 g/mol. The molecule has 1 aromatic carbocycles. The second-order valence-electron chi connectivity index (χ2n) is 9.09. The minimum absolute atomic E-state index is 0.0295. The number of hydrogen-bond donors (Lipinski definition) is 6. The van der Waals surface area contributed by atoms with E-state index < -0.39 is 0 Å². The Bertz CT molecular complexity index is 839. The summed E-state index contributed by atoms with van der Waals surface area (Å²) in [6.45, 7) is 2.34. The Morgan fingerprint density at radius 1 is 1.16 bits per heavy atom. The summed E-state index contributed by atoms with van der Waals surface area (Å²) in [5.74, 6) is 1.28. The Balaban J connectivity index is 1.39. The summed E-state index contributed by atoms with van der Waals surface area (Å²) in [7, 11) is 1.69. The van der Waals surface area contributed by atoms with Crippen molar-refractivity contribution in [2.24, 2.45) is 11.8 Å². The zero-order chi connectivity index (χ0) is 21.4. The van der Waals surface area contributed by atoms with Gasteiger partial charge >= 0.3 is 0 Å². The first-order valence-electron chi connectivity index (χ1n) is 11.4. The molecule has 4 atom stereocenters. The summed E-state index contributed by atoms with van der Waals surface area (Å²) in [4.78, 5) is 25.2. The number of para-hydroxylation sites is 1. The quantitative estimate of drug-likeness (QED) is 0.378. The second-order valence-corrected chi connectivity index (χ2v) is 9.09. The van der Waals surface area contributed by atoms with Gasteiger partial charge in [-0.2, -0.15) is 0 Å². The van der Waals surface area contributed by atoms with Gasteiger partial charge in [0.15, 0.2) is 0 Å². The van der Waals surface area contributed by atoms with E-state index in [9.17, 15) is 9.59 Å².